The normalized spacial score (nSPS) is 32.1. The third-order valence-corrected chi connectivity index (χ3v) is 7.65. The largest absolute Gasteiger partial charge is 0.423 e. The van der Waals surface area contributed by atoms with Crippen LogP contribution in [0.1, 0.15) is 16.8 Å². The van der Waals surface area contributed by atoms with Crippen LogP contribution >= 0.6 is 23.2 Å². The Morgan fingerprint density at radius 3 is 2.26 bits per heavy atom. The molecule has 5 nitrogen and oxygen atoms in total. The van der Waals surface area contributed by atoms with E-state index in [1.807, 2.05) is 0 Å². The average Bonchev–Trinajstić information content (AvgIpc) is 3.51. The molecule has 6 atom stereocenters. The molecule has 1 saturated heterocycles. The molecule has 0 unspecified atom stereocenters. The molecule has 2 aromatic rings. The fourth-order valence-corrected chi connectivity index (χ4v) is 6.20. The maximum absolute atomic E-state index is 13.3. The van der Waals surface area contributed by atoms with Gasteiger partial charge in [0.25, 0.3) is 0 Å². The summed E-state index contributed by atoms with van der Waals surface area (Å²) in [4.78, 5) is 40.4. The molecule has 0 N–H and O–H groups in total. The number of benzene rings is 2. The van der Waals surface area contributed by atoms with Gasteiger partial charge in [-0.05, 0) is 60.4 Å². The van der Waals surface area contributed by atoms with E-state index in [2.05, 4.69) is 12.2 Å². The lowest BCUT2D eigenvalue weighted by atomic mass is 9.63. The molecule has 31 heavy (non-hydrogen) atoms. The summed E-state index contributed by atoms with van der Waals surface area (Å²) in [6.45, 7) is 0. The topological polar surface area (TPSA) is 63.7 Å². The van der Waals surface area contributed by atoms with Gasteiger partial charge in [0.05, 0.1) is 28.1 Å². The number of nitrogens with zero attached hydrogens (tertiary/aromatic N) is 1. The van der Waals surface area contributed by atoms with E-state index in [0.29, 0.717) is 22.5 Å². The Kier molecular flexibility index (Phi) is 4.11. The van der Waals surface area contributed by atoms with Crippen LogP contribution in [-0.4, -0.2) is 17.8 Å². The minimum Gasteiger partial charge on any atom is -0.423 e. The molecule has 5 aliphatic rings. The van der Waals surface area contributed by atoms with Gasteiger partial charge in [-0.2, -0.15) is 0 Å². The van der Waals surface area contributed by atoms with Crippen molar-refractivity contribution in [3.05, 3.63) is 70.2 Å². The van der Waals surface area contributed by atoms with Crippen molar-refractivity contribution in [2.75, 3.05) is 4.90 Å². The highest BCUT2D eigenvalue weighted by Crippen LogP contribution is 2.65. The molecule has 0 spiro atoms. The lowest BCUT2D eigenvalue weighted by Crippen LogP contribution is -2.40. The van der Waals surface area contributed by atoms with E-state index in [-0.39, 0.29) is 51.8 Å². The van der Waals surface area contributed by atoms with Crippen LogP contribution in [0.15, 0.2) is 54.6 Å². The Hall–Kier alpha value is -2.63. The summed E-state index contributed by atoms with van der Waals surface area (Å²) in [6, 6.07) is 11.0. The summed E-state index contributed by atoms with van der Waals surface area (Å²) in [5.74, 6) is 0.156. The summed E-state index contributed by atoms with van der Waals surface area (Å²) in [5.41, 5.74) is 0.600. The average molecular weight is 454 g/mol. The molecule has 1 heterocycles. The molecule has 1 aliphatic heterocycles. The van der Waals surface area contributed by atoms with Crippen molar-refractivity contribution in [3.63, 3.8) is 0 Å². The zero-order chi connectivity index (χ0) is 21.4. The fraction of sp³-hybridized carbons (Fsp3) is 0.292. The second-order valence-corrected chi connectivity index (χ2v) is 9.52. The van der Waals surface area contributed by atoms with E-state index in [1.54, 1.807) is 30.3 Å². The zero-order valence-corrected chi connectivity index (χ0v) is 17.7. The van der Waals surface area contributed by atoms with Crippen LogP contribution in [0.4, 0.5) is 5.69 Å². The van der Waals surface area contributed by atoms with Crippen LogP contribution in [0.2, 0.25) is 10.0 Å². The quantitative estimate of drug-likeness (QED) is 0.290. The minimum atomic E-state index is -0.645. The summed E-state index contributed by atoms with van der Waals surface area (Å²) < 4.78 is 5.46. The van der Waals surface area contributed by atoms with Gasteiger partial charge >= 0.3 is 5.97 Å². The molecule has 0 aromatic heterocycles. The predicted molar refractivity (Wildman–Crippen MR) is 115 cm³/mol. The standard InChI is InChI=1S/C24H17Cl2NO4/c25-11-4-5-16(19(26)8-11)24(30)31-13-3-1-2-12(9-13)27-22(28)20-14-6-7-15(18-10-17(14)18)21(20)23(27)29/h1-9,14-15,17-18,20-21H,10H2/t14-,15+,17-,18-,20+,21+/m1/s1. The summed E-state index contributed by atoms with van der Waals surface area (Å²) in [5, 5.41) is 0.598. The first-order chi connectivity index (χ1) is 14.9. The molecule has 2 aromatic carbocycles. The Labute approximate surface area is 188 Å². The molecular formula is C24H17Cl2NO4. The molecule has 7 rings (SSSR count). The lowest BCUT2D eigenvalue weighted by molar-refractivity contribution is -0.124. The number of halogens is 2. The highest BCUT2D eigenvalue weighted by atomic mass is 35.5. The monoisotopic (exact) mass is 453 g/mol. The van der Waals surface area contributed by atoms with Gasteiger partial charge in [0.15, 0.2) is 0 Å². The number of hydrogen-bond acceptors (Lipinski definition) is 4. The number of carbonyl (C=O) groups is 3. The number of ether oxygens (including phenoxy) is 1. The number of allylic oxidation sites excluding steroid dienone is 2. The van der Waals surface area contributed by atoms with E-state index in [4.69, 9.17) is 27.9 Å². The van der Waals surface area contributed by atoms with E-state index in [0.717, 1.165) is 6.42 Å². The van der Waals surface area contributed by atoms with Crippen molar-refractivity contribution < 1.29 is 19.1 Å². The maximum Gasteiger partial charge on any atom is 0.345 e. The Balaban J connectivity index is 1.27. The molecule has 2 saturated carbocycles. The SMILES string of the molecule is O=C(Oc1cccc(N2C(=O)[C@H]3[C@@H]4C=C[C@@H]([C@H]5C[C@H]45)[C@@H]3C2=O)c1)c1ccc(Cl)cc1Cl. The van der Waals surface area contributed by atoms with Gasteiger partial charge in [-0.15, -0.1) is 0 Å². The third kappa shape index (κ3) is 2.80. The maximum atomic E-state index is 13.3. The number of amides is 2. The van der Waals surface area contributed by atoms with Gasteiger partial charge in [-0.25, -0.2) is 9.69 Å². The highest BCUT2D eigenvalue weighted by Gasteiger charge is 2.67. The molecule has 2 amide bonds. The van der Waals surface area contributed by atoms with E-state index in [1.165, 1.54) is 17.0 Å². The van der Waals surface area contributed by atoms with Crippen molar-refractivity contribution in [1.82, 2.24) is 0 Å². The first-order valence-corrected chi connectivity index (χ1v) is 11.0. The van der Waals surface area contributed by atoms with Crippen LogP contribution < -0.4 is 9.64 Å². The van der Waals surface area contributed by atoms with E-state index < -0.39 is 5.97 Å². The minimum absolute atomic E-state index is 0.149. The van der Waals surface area contributed by atoms with Gasteiger partial charge in [0, 0.05) is 11.1 Å². The van der Waals surface area contributed by atoms with Crippen molar-refractivity contribution in [2.24, 2.45) is 35.5 Å². The number of imide groups is 1. The zero-order valence-electron chi connectivity index (χ0n) is 16.2. The van der Waals surface area contributed by atoms with Crippen LogP contribution in [0.25, 0.3) is 0 Å². The second-order valence-electron chi connectivity index (χ2n) is 8.68. The molecule has 3 fully saturated rings. The van der Waals surface area contributed by atoms with E-state index in [9.17, 15) is 14.4 Å². The molecule has 156 valence electrons. The molecule has 0 radical (unpaired) electrons. The van der Waals surface area contributed by atoms with Crippen LogP contribution in [-0.2, 0) is 9.59 Å². The second kappa shape index (κ2) is 6.68. The Morgan fingerprint density at radius 1 is 0.935 bits per heavy atom. The number of rotatable bonds is 3. The molecule has 7 heteroatoms. The fourth-order valence-electron chi connectivity index (χ4n) is 5.71. The predicted octanol–water partition coefficient (Wildman–Crippen LogP) is 4.77. The van der Waals surface area contributed by atoms with Crippen LogP contribution in [0, 0.1) is 35.5 Å². The van der Waals surface area contributed by atoms with Gasteiger partial charge in [-0.3, -0.25) is 9.59 Å². The van der Waals surface area contributed by atoms with Crippen molar-refractivity contribution in [1.29, 1.82) is 0 Å². The Bertz CT molecular complexity index is 1160. The van der Waals surface area contributed by atoms with Gasteiger partial charge in [0.1, 0.15) is 5.75 Å². The van der Waals surface area contributed by atoms with Crippen molar-refractivity contribution >= 4 is 46.7 Å². The number of esters is 1. The smallest absolute Gasteiger partial charge is 0.345 e. The highest BCUT2D eigenvalue weighted by molar-refractivity contribution is 6.36. The van der Waals surface area contributed by atoms with Crippen LogP contribution in [0.5, 0.6) is 5.75 Å². The summed E-state index contributed by atoms with van der Waals surface area (Å²) in [7, 11) is 0. The van der Waals surface area contributed by atoms with Gasteiger partial charge in [-0.1, -0.05) is 41.4 Å². The van der Waals surface area contributed by atoms with Crippen molar-refractivity contribution in [2.45, 2.75) is 6.42 Å². The summed E-state index contributed by atoms with van der Waals surface area (Å²) >= 11 is 12.0. The van der Waals surface area contributed by atoms with Crippen molar-refractivity contribution in [3.8, 4) is 5.75 Å². The number of carbonyl (C=O) groups excluding carboxylic acids is 3. The first-order valence-electron chi connectivity index (χ1n) is 10.3. The number of anilines is 1. The van der Waals surface area contributed by atoms with Crippen LogP contribution in [0.3, 0.4) is 0 Å². The molecular weight excluding hydrogens is 437 g/mol. The molecule has 4 aliphatic carbocycles. The lowest BCUT2D eigenvalue weighted by Gasteiger charge is -2.37. The number of hydrogen-bond donors (Lipinski definition) is 0. The molecule has 2 bridgehead atoms. The Morgan fingerprint density at radius 2 is 1.61 bits per heavy atom. The van der Waals surface area contributed by atoms with Gasteiger partial charge in [0.2, 0.25) is 11.8 Å². The van der Waals surface area contributed by atoms with E-state index >= 15 is 0 Å². The van der Waals surface area contributed by atoms with Gasteiger partial charge < -0.3 is 4.74 Å². The first kappa shape index (κ1) is 19.1. The summed E-state index contributed by atoms with van der Waals surface area (Å²) in [6.07, 6.45) is 5.40. The third-order valence-electron chi connectivity index (χ3n) is 7.10.